The Labute approximate surface area is 208 Å². The van der Waals surface area contributed by atoms with E-state index >= 15 is 0 Å². The van der Waals surface area contributed by atoms with Gasteiger partial charge in [-0.3, -0.25) is 4.79 Å². The van der Waals surface area contributed by atoms with E-state index in [0.29, 0.717) is 5.75 Å². The summed E-state index contributed by atoms with van der Waals surface area (Å²) in [7, 11) is 1.35. The van der Waals surface area contributed by atoms with Crippen molar-refractivity contribution in [2.24, 2.45) is 5.92 Å². The lowest BCUT2D eigenvalue weighted by atomic mass is 9.97. The average molecular weight is 522 g/mol. The van der Waals surface area contributed by atoms with Crippen LogP contribution in [0.2, 0.25) is 0 Å². The highest BCUT2D eigenvalue weighted by Gasteiger charge is 2.34. The van der Waals surface area contributed by atoms with Gasteiger partial charge in [0, 0.05) is 11.1 Å². The van der Waals surface area contributed by atoms with E-state index in [1.54, 1.807) is 0 Å². The van der Waals surface area contributed by atoms with Crippen LogP contribution in [-0.2, 0) is 4.79 Å². The molecule has 0 radical (unpaired) electrons. The standard InChI is InChI=1S/C26H22F4O7/c1-13(25(32)33)24(31)15-4-8-20-22(10-15)36-23(12-35-20)14-3-6-17(21(9-14)37-26(28,29)30)18-11-16(34-2)5-7-19(18)27/h3-11,13,23-24,31H,12H2,1-2H3,(H,32,33)/t13-,23?,24+/m0/s1. The molecule has 1 heterocycles. The number of aliphatic carboxylic acids is 1. The summed E-state index contributed by atoms with van der Waals surface area (Å²) in [5.74, 6) is -2.97. The molecule has 1 aliphatic heterocycles. The van der Waals surface area contributed by atoms with Gasteiger partial charge in [-0.05, 0) is 54.4 Å². The monoisotopic (exact) mass is 522 g/mol. The number of carboxylic acids is 1. The molecule has 196 valence electrons. The van der Waals surface area contributed by atoms with Crippen molar-refractivity contribution in [1.29, 1.82) is 0 Å². The van der Waals surface area contributed by atoms with E-state index in [1.165, 1.54) is 56.5 Å². The van der Waals surface area contributed by atoms with Crippen molar-refractivity contribution in [3.8, 4) is 34.1 Å². The minimum atomic E-state index is -5.05. The first-order valence-electron chi connectivity index (χ1n) is 11.0. The number of hydrogen-bond acceptors (Lipinski definition) is 6. The fraction of sp³-hybridized carbons (Fsp3) is 0.269. The van der Waals surface area contributed by atoms with Crippen LogP contribution in [0.15, 0.2) is 54.6 Å². The summed E-state index contributed by atoms with van der Waals surface area (Å²) in [4.78, 5) is 11.2. The highest BCUT2D eigenvalue weighted by Crippen LogP contribution is 2.42. The van der Waals surface area contributed by atoms with E-state index in [-0.39, 0.29) is 40.4 Å². The van der Waals surface area contributed by atoms with Gasteiger partial charge in [0.05, 0.1) is 19.1 Å². The molecule has 0 saturated heterocycles. The third-order valence-electron chi connectivity index (χ3n) is 5.90. The van der Waals surface area contributed by atoms with Crippen LogP contribution in [0.3, 0.4) is 0 Å². The molecule has 0 aromatic heterocycles. The van der Waals surface area contributed by atoms with Crippen molar-refractivity contribution >= 4 is 5.97 Å². The molecule has 1 unspecified atom stereocenters. The number of alkyl halides is 3. The predicted octanol–water partition coefficient (Wildman–Crippen LogP) is 5.67. The molecule has 0 saturated carbocycles. The Bertz CT molecular complexity index is 1310. The largest absolute Gasteiger partial charge is 0.573 e. The smallest absolute Gasteiger partial charge is 0.497 e. The molecule has 0 fully saturated rings. The first kappa shape index (κ1) is 26.1. The second kappa shape index (κ2) is 10.2. The summed E-state index contributed by atoms with van der Waals surface area (Å²) >= 11 is 0. The van der Waals surface area contributed by atoms with Gasteiger partial charge in [-0.15, -0.1) is 13.2 Å². The number of aliphatic hydroxyl groups is 1. The molecule has 3 atom stereocenters. The summed E-state index contributed by atoms with van der Waals surface area (Å²) in [5.41, 5.74) is 0.217. The molecule has 11 heteroatoms. The molecule has 0 bridgehead atoms. The maximum atomic E-state index is 14.5. The molecule has 1 aliphatic rings. The summed E-state index contributed by atoms with van der Waals surface area (Å²) in [6, 6.07) is 11.9. The predicted molar refractivity (Wildman–Crippen MR) is 122 cm³/mol. The van der Waals surface area contributed by atoms with Gasteiger partial charge in [0.1, 0.15) is 23.9 Å². The van der Waals surface area contributed by atoms with Crippen LogP contribution in [0.5, 0.6) is 23.0 Å². The number of hydrogen-bond donors (Lipinski definition) is 2. The first-order chi connectivity index (χ1) is 17.5. The molecule has 0 aliphatic carbocycles. The third-order valence-corrected chi connectivity index (χ3v) is 5.90. The van der Waals surface area contributed by atoms with Gasteiger partial charge < -0.3 is 29.2 Å². The van der Waals surface area contributed by atoms with Crippen molar-refractivity contribution in [3.05, 3.63) is 71.5 Å². The van der Waals surface area contributed by atoms with Crippen molar-refractivity contribution in [3.63, 3.8) is 0 Å². The normalized spacial score (nSPS) is 16.6. The van der Waals surface area contributed by atoms with Gasteiger partial charge >= 0.3 is 12.3 Å². The Hall–Kier alpha value is -3.99. The van der Waals surface area contributed by atoms with Gasteiger partial charge in [0.15, 0.2) is 17.6 Å². The maximum absolute atomic E-state index is 14.5. The quantitative estimate of drug-likeness (QED) is 0.387. The molecular weight excluding hydrogens is 500 g/mol. The van der Waals surface area contributed by atoms with Gasteiger partial charge in [0.2, 0.25) is 0 Å². The van der Waals surface area contributed by atoms with Crippen molar-refractivity contribution < 1.29 is 51.5 Å². The minimum absolute atomic E-state index is 0.0568. The Kier molecular flexibility index (Phi) is 7.17. The molecule has 4 rings (SSSR count). The van der Waals surface area contributed by atoms with Gasteiger partial charge in [-0.2, -0.15) is 0 Å². The van der Waals surface area contributed by atoms with Gasteiger partial charge in [0.25, 0.3) is 0 Å². The van der Waals surface area contributed by atoms with Crippen molar-refractivity contribution in [2.75, 3.05) is 13.7 Å². The van der Waals surface area contributed by atoms with Crippen LogP contribution in [-0.4, -0.2) is 36.3 Å². The maximum Gasteiger partial charge on any atom is 0.573 e. The second-order valence-electron chi connectivity index (χ2n) is 8.34. The Balaban J connectivity index is 1.68. The third kappa shape index (κ3) is 5.72. The van der Waals surface area contributed by atoms with E-state index in [0.717, 1.165) is 12.1 Å². The Morgan fingerprint density at radius 1 is 1.05 bits per heavy atom. The van der Waals surface area contributed by atoms with E-state index in [4.69, 9.17) is 19.3 Å². The van der Waals surface area contributed by atoms with E-state index in [9.17, 15) is 27.5 Å². The SMILES string of the molecule is COc1ccc(F)c(-c2ccc(C3COc4ccc([C@H](O)[C@H](C)C(=O)O)cc4O3)cc2OC(F)(F)F)c1. The number of benzene rings is 3. The Morgan fingerprint density at radius 3 is 2.49 bits per heavy atom. The lowest BCUT2D eigenvalue weighted by Gasteiger charge is -2.28. The lowest BCUT2D eigenvalue weighted by Crippen LogP contribution is -2.23. The van der Waals surface area contributed by atoms with E-state index in [1.807, 2.05) is 0 Å². The number of carbonyl (C=O) groups is 1. The number of ether oxygens (including phenoxy) is 4. The highest BCUT2D eigenvalue weighted by atomic mass is 19.4. The minimum Gasteiger partial charge on any atom is -0.497 e. The van der Waals surface area contributed by atoms with Crippen LogP contribution in [0.25, 0.3) is 11.1 Å². The second-order valence-corrected chi connectivity index (χ2v) is 8.34. The lowest BCUT2D eigenvalue weighted by molar-refractivity contribution is -0.274. The zero-order valence-electron chi connectivity index (χ0n) is 19.6. The molecule has 3 aromatic carbocycles. The van der Waals surface area contributed by atoms with Crippen molar-refractivity contribution in [2.45, 2.75) is 25.5 Å². The van der Waals surface area contributed by atoms with Crippen LogP contribution in [0.1, 0.15) is 30.3 Å². The summed E-state index contributed by atoms with van der Waals surface area (Å²) in [5, 5.41) is 19.5. The molecule has 7 nitrogen and oxygen atoms in total. The summed E-state index contributed by atoms with van der Waals surface area (Å²) in [6.07, 6.45) is -7.25. The van der Waals surface area contributed by atoms with Crippen LogP contribution in [0, 0.1) is 11.7 Å². The molecule has 2 N–H and O–H groups in total. The fourth-order valence-corrected chi connectivity index (χ4v) is 3.87. The molecule has 37 heavy (non-hydrogen) atoms. The van der Waals surface area contributed by atoms with Crippen LogP contribution < -0.4 is 18.9 Å². The molecule has 0 amide bonds. The fourth-order valence-electron chi connectivity index (χ4n) is 3.87. The first-order valence-corrected chi connectivity index (χ1v) is 11.0. The van der Waals surface area contributed by atoms with Crippen LogP contribution in [0.4, 0.5) is 17.6 Å². The number of methoxy groups -OCH3 is 1. The zero-order chi connectivity index (χ0) is 26.9. The average Bonchev–Trinajstić information content (AvgIpc) is 2.86. The summed E-state index contributed by atoms with van der Waals surface area (Å²) in [6.45, 7) is 1.29. The molecule has 3 aromatic rings. The van der Waals surface area contributed by atoms with E-state index in [2.05, 4.69) is 4.74 Å². The molecular formula is C26H22F4O7. The summed E-state index contributed by atoms with van der Waals surface area (Å²) < 4.78 is 75.1. The van der Waals surface area contributed by atoms with E-state index < -0.39 is 42.0 Å². The Morgan fingerprint density at radius 2 is 1.81 bits per heavy atom. The number of fused-ring (bicyclic) bond motifs is 1. The number of carboxylic acid groups (broad SMARTS) is 1. The van der Waals surface area contributed by atoms with Gasteiger partial charge in [-0.1, -0.05) is 18.2 Å². The van der Waals surface area contributed by atoms with Crippen molar-refractivity contribution in [1.82, 2.24) is 0 Å². The topological polar surface area (TPSA) is 94.5 Å². The van der Waals surface area contributed by atoms with Crippen LogP contribution >= 0.6 is 0 Å². The number of halogens is 4. The zero-order valence-corrected chi connectivity index (χ0v) is 19.6. The van der Waals surface area contributed by atoms with Gasteiger partial charge in [-0.25, -0.2) is 4.39 Å². The highest BCUT2D eigenvalue weighted by molar-refractivity contribution is 5.73. The number of rotatable bonds is 7. The molecule has 0 spiro atoms. The number of aliphatic hydroxyl groups excluding tert-OH is 1.